The van der Waals surface area contributed by atoms with Gasteiger partial charge in [0.25, 0.3) is 0 Å². The summed E-state index contributed by atoms with van der Waals surface area (Å²) in [6.07, 6.45) is 1.96. The van der Waals surface area contributed by atoms with Crippen LogP contribution in [-0.2, 0) is 24.0 Å². The summed E-state index contributed by atoms with van der Waals surface area (Å²) in [5.74, 6) is -3.64. The molecule has 0 fully saturated rings. The SMILES string of the molecule is CSCCC(N)C(=O)NC(CC(C)C)C(=O)NCC(=O)NC(CCC(=O)O)C(=O)O. The molecule has 7 N–H and O–H groups in total. The third-order valence-electron chi connectivity index (χ3n) is 4.01. The molecule has 0 aromatic rings. The lowest BCUT2D eigenvalue weighted by Crippen LogP contribution is -2.54. The highest BCUT2D eigenvalue weighted by Crippen LogP contribution is 2.06. The summed E-state index contributed by atoms with van der Waals surface area (Å²) in [5, 5.41) is 24.8. The van der Waals surface area contributed by atoms with Crippen LogP contribution in [0.3, 0.4) is 0 Å². The summed E-state index contributed by atoms with van der Waals surface area (Å²) in [5.41, 5.74) is 5.82. The van der Waals surface area contributed by atoms with Gasteiger partial charge >= 0.3 is 11.9 Å². The number of hydrogen-bond donors (Lipinski definition) is 6. The molecule has 3 unspecified atom stereocenters. The second-order valence-corrected chi connectivity index (χ2v) is 8.17. The van der Waals surface area contributed by atoms with Gasteiger partial charge in [-0.25, -0.2) is 4.79 Å². The van der Waals surface area contributed by atoms with Crippen molar-refractivity contribution in [1.82, 2.24) is 16.0 Å². The normalized spacial score (nSPS) is 13.8. The van der Waals surface area contributed by atoms with E-state index in [1.807, 2.05) is 20.1 Å². The summed E-state index contributed by atoms with van der Waals surface area (Å²) >= 11 is 1.55. The van der Waals surface area contributed by atoms with Crippen LogP contribution in [0.5, 0.6) is 0 Å². The molecule has 0 spiro atoms. The highest BCUT2D eigenvalue weighted by Gasteiger charge is 2.26. The van der Waals surface area contributed by atoms with Crippen LogP contribution in [0.1, 0.15) is 39.5 Å². The number of aliphatic carboxylic acids is 2. The zero-order valence-corrected chi connectivity index (χ0v) is 18.3. The molecule has 0 rings (SSSR count). The van der Waals surface area contributed by atoms with E-state index < -0.39 is 60.8 Å². The van der Waals surface area contributed by atoms with Crippen LogP contribution in [0, 0.1) is 5.92 Å². The van der Waals surface area contributed by atoms with Gasteiger partial charge in [-0.15, -0.1) is 0 Å². The van der Waals surface area contributed by atoms with Crippen LogP contribution < -0.4 is 21.7 Å². The van der Waals surface area contributed by atoms with E-state index in [-0.39, 0.29) is 12.3 Å². The fourth-order valence-electron chi connectivity index (χ4n) is 2.42. The van der Waals surface area contributed by atoms with Gasteiger partial charge in [0.2, 0.25) is 17.7 Å². The first-order valence-electron chi connectivity index (χ1n) is 9.54. The summed E-state index contributed by atoms with van der Waals surface area (Å²) in [4.78, 5) is 58.3. The Morgan fingerprint density at radius 1 is 0.967 bits per heavy atom. The number of thioether (sulfide) groups is 1. The highest BCUT2D eigenvalue weighted by atomic mass is 32.2. The largest absolute Gasteiger partial charge is 0.481 e. The predicted molar refractivity (Wildman–Crippen MR) is 112 cm³/mol. The highest BCUT2D eigenvalue weighted by molar-refractivity contribution is 7.98. The molecule has 172 valence electrons. The molecule has 0 saturated heterocycles. The van der Waals surface area contributed by atoms with Gasteiger partial charge in [-0.1, -0.05) is 13.8 Å². The summed E-state index contributed by atoms with van der Waals surface area (Å²) < 4.78 is 0. The van der Waals surface area contributed by atoms with E-state index in [0.29, 0.717) is 18.6 Å². The molecule has 0 saturated carbocycles. The van der Waals surface area contributed by atoms with Crippen molar-refractivity contribution in [3.63, 3.8) is 0 Å². The van der Waals surface area contributed by atoms with Gasteiger partial charge in [-0.05, 0) is 37.2 Å². The van der Waals surface area contributed by atoms with E-state index in [4.69, 9.17) is 15.9 Å². The molecule has 3 amide bonds. The number of amides is 3. The van der Waals surface area contributed by atoms with Crippen LogP contribution in [0.2, 0.25) is 0 Å². The van der Waals surface area contributed by atoms with Crippen LogP contribution >= 0.6 is 11.8 Å². The Balaban J connectivity index is 4.79. The lowest BCUT2D eigenvalue weighted by Gasteiger charge is -2.22. The van der Waals surface area contributed by atoms with E-state index in [1.54, 1.807) is 11.8 Å². The number of rotatable bonds is 15. The van der Waals surface area contributed by atoms with Crippen molar-refractivity contribution in [1.29, 1.82) is 0 Å². The summed E-state index contributed by atoms with van der Waals surface area (Å²) in [7, 11) is 0. The van der Waals surface area contributed by atoms with Crippen molar-refractivity contribution in [2.45, 2.75) is 57.7 Å². The lowest BCUT2D eigenvalue weighted by molar-refractivity contribution is -0.143. The first-order chi connectivity index (χ1) is 14.0. The van der Waals surface area contributed by atoms with Crippen molar-refractivity contribution in [2.24, 2.45) is 11.7 Å². The van der Waals surface area contributed by atoms with Crippen LogP contribution in [0.4, 0.5) is 0 Å². The first-order valence-corrected chi connectivity index (χ1v) is 10.9. The third-order valence-corrected chi connectivity index (χ3v) is 4.66. The van der Waals surface area contributed by atoms with Gasteiger partial charge in [-0.3, -0.25) is 19.2 Å². The molecule has 30 heavy (non-hydrogen) atoms. The van der Waals surface area contributed by atoms with Gasteiger partial charge < -0.3 is 31.9 Å². The maximum atomic E-state index is 12.4. The Morgan fingerprint density at radius 2 is 1.60 bits per heavy atom. The third kappa shape index (κ3) is 12.3. The number of carboxylic acid groups (broad SMARTS) is 2. The Kier molecular flexibility index (Phi) is 13.5. The number of carbonyl (C=O) groups excluding carboxylic acids is 3. The van der Waals surface area contributed by atoms with Gasteiger partial charge in [-0.2, -0.15) is 11.8 Å². The lowest BCUT2D eigenvalue weighted by atomic mass is 10.0. The minimum absolute atomic E-state index is 0.0738. The molecule has 0 aromatic carbocycles. The molecule has 0 bridgehead atoms. The van der Waals surface area contributed by atoms with Crippen LogP contribution in [0.15, 0.2) is 0 Å². The summed E-state index contributed by atoms with van der Waals surface area (Å²) in [6.45, 7) is 3.22. The van der Waals surface area contributed by atoms with E-state index in [9.17, 15) is 24.0 Å². The maximum Gasteiger partial charge on any atom is 0.326 e. The Labute approximate surface area is 179 Å². The fourth-order valence-corrected chi connectivity index (χ4v) is 2.91. The standard InChI is InChI=1S/C18H32N4O7S/c1-10(2)8-13(22-16(26)11(19)6-7-30-3)17(27)20-9-14(23)21-12(18(28)29)4-5-15(24)25/h10-13H,4-9,19H2,1-3H3,(H,20,27)(H,21,23)(H,22,26)(H,24,25)(H,28,29). The molecule has 0 radical (unpaired) electrons. The summed E-state index contributed by atoms with van der Waals surface area (Å²) in [6, 6.07) is -3.03. The van der Waals surface area contributed by atoms with E-state index in [2.05, 4.69) is 16.0 Å². The topological polar surface area (TPSA) is 188 Å². The number of carbonyl (C=O) groups is 5. The zero-order chi connectivity index (χ0) is 23.3. The number of nitrogens with two attached hydrogens (primary N) is 1. The van der Waals surface area contributed by atoms with E-state index >= 15 is 0 Å². The van der Waals surface area contributed by atoms with Crippen molar-refractivity contribution < 1.29 is 34.2 Å². The fraction of sp³-hybridized carbons (Fsp3) is 0.722. The predicted octanol–water partition coefficient (Wildman–Crippen LogP) is -0.852. The second-order valence-electron chi connectivity index (χ2n) is 7.19. The van der Waals surface area contributed by atoms with Crippen molar-refractivity contribution >= 4 is 41.4 Å². The Morgan fingerprint density at radius 3 is 2.10 bits per heavy atom. The van der Waals surface area contributed by atoms with Crippen molar-refractivity contribution in [2.75, 3.05) is 18.6 Å². The average Bonchev–Trinajstić information content (AvgIpc) is 2.65. The molecule has 0 aliphatic carbocycles. The molecule has 3 atom stereocenters. The molecular formula is C18H32N4O7S. The molecule has 0 aromatic heterocycles. The smallest absolute Gasteiger partial charge is 0.326 e. The first kappa shape index (κ1) is 27.7. The molecule has 11 nitrogen and oxygen atoms in total. The second kappa shape index (κ2) is 14.6. The van der Waals surface area contributed by atoms with Crippen LogP contribution in [-0.4, -0.2) is 76.6 Å². The number of carboxylic acids is 2. The van der Waals surface area contributed by atoms with Gasteiger partial charge in [0.05, 0.1) is 12.6 Å². The quantitative estimate of drug-likeness (QED) is 0.185. The Hall–Kier alpha value is -2.34. The molecule has 0 aliphatic heterocycles. The number of hydrogen-bond acceptors (Lipinski definition) is 7. The molecule has 0 aliphatic rings. The Bertz CT molecular complexity index is 615. The maximum absolute atomic E-state index is 12.4. The van der Waals surface area contributed by atoms with Gasteiger partial charge in [0, 0.05) is 6.42 Å². The molecule has 12 heteroatoms. The number of nitrogens with one attached hydrogen (secondary N) is 3. The van der Waals surface area contributed by atoms with Crippen molar-refractivity contribution in [3.05, 3.63) is 0 Å². The van der Waals surface area contributed by atoms with Crippen molar-refractivity contribution in [3.8, 4) is 0 Å². The van der Waals surface area contributed by atoms with E-state index in [1.165, 1.54) is 0 Å². The van der Waals surface area contributed by atoms with E-state index in [0.717, 1.165) is 0 Å². The zero-order valence-electron chi connectivity index (χ0n) is 17.5. The van der Waals surface area contributed by atoms with Gasteiger partial charge in [0.1, 0.15) is 12.1 Å². The average molecular weight is 449 g/mol. The monoisotopic (exact) mass is 448 g/mol. The molecule has 0 heterocycles. The minimum atomic E-state index is -1.38. The molecular weight excluding hydrogens is 416 g/mol. The van der Waals surface area contributed by atoms with Gasteiger partial charge in [0.15, 0.2) is 0 Å². The minimum Gasteiger partial charge on any atom is -0.481 e. The van der Waals surface area contributed by atoms with Crippen LogP contribution in [0.25, 0.3) is 0 Å².